The first-order chi connectivity index (χ1) is 9.62. The molecule has 1 spiro atoms. The Bertz CT molecular complexity index is 778. The summed E-state index contributed by atoms with van der Waals surface area (Å²) >= 11 is 0. The number of hydrogen-bond acceptors (Lipinski definition) is 4. The molecule has 4 rings (SSSR count). The van der Waals surface area contributed by atoms with Crippen molar-refractivity contribution in [3.8, 4) is 5.75 Å². The average molecular weight is 266 g/mol. The number of ketones is 1. The van der Waals surface area contributed by atoms with Gasteiger partial charge in [0.15, 0.2) is 0 Å². The van der Waals surface area contributed by atoms with Crippen LogP contribution in [-0.4, -0.2) is 11.8 Å². The minimum atomic E-state index is -1.64. The number of carbonyl (C=O) groups excluding carboxylic acids is 2. The zero-order chi connectivity index (χ0) is 13.9. The molecule has 0 saturated carbocycles. The first-order valence-electron chi connectivity index (χ1n) is 6.29. The number of hydrogen-bond donors (Lipinski definition) is 0. The molecule has 0 bridgehead atoms. The summed E-state index contributed by atoms with van der Waals surface area (Å²) in [7, 11) is 0. The molecule has 2 heterocycles. The number of esters is 1. The van der Waals surface area contributed by atoms with Crippen molar-refractivity contribution in [2.75, 3.05) is 0 Å². The highest BCUT2D eigenvalue weighted by molar-refractivity contribution is 6.12. The summed E-state index contributed by atoms with van der Waals surface area (Å²) in [6, 6.07) is 12.1. The number of ether oxygens (including phenoxy) is 2. The smallest absolute Gasteiger partial charge is 0.347 e. The second-order valence-corrected chi connectivity index (χ2v) is 4.98. The van der Waals surface area contributed by atoms with Gasteiger partial charge >= 0.3 is 11.8 Å². The maximum absolute atomic E-state index is 12.6. The number of aryl methyl sites for hydroxylation is 1. The van der Waals surface area contributed by atoms with Crippen LogP contribution in [0.15, 0.2) is 42.5 Å². The largest absolute Gasteiger partial charge is 0.441 e. The lowest BCUT2D eigenvalue weighted by Gasteiger charge is -2.20. The molecule has 0 saturated heterocycles. The molecule has 2 aliphatic heterocycles. The van der Waals surface area contributed by atoms with Gasteiger partial charge in [-0.3, -0.25) is 4.79 Å². The van der Waals surface area contributed by atoms with E-state index in [4.69, 9.17) is 9.47 Å². The molecular weight excluding hydrogens is 256 g/mol. The summed E-state index contributed by atoms with van der Waals surface area (Å²) in [5.74, 6) is -2.03. The molecule has 0 N–H and O–H groups in total. The van der Waals surface area contributed by atoms with Crippen LogP contribution >= 0.6 is 0 Å². The Morgan fingerprint density at radius 2 is 1.75 bits per heavy atom. The zero-order valence-corrected chi connectivity index (χ0v) is 10.7. The lowest BCUT2D eigenvalue weighted by atomic mass is 9.96. The molecular formula is C16H10O4. The number of carbonyl (C=O) groups is 2. The highest BCUT2D eigenvalue weighted by Gasteiger charge is 2.58. The van der Waals surface area contributed by atoms with Gasteiger partial charge < -0.3 is 9.47 Å². The Hall–Kier alpha value is -2.62. The van der Waals surface area contributed by atoms with Gasteiger partial charge in [0.05, 0.1) is 16.7 Å². The molecule has 0 aliphatic carbocycles. The Labute approximate surface area is 114 Å². The monoisotopic (exact) mass is 266 g/mol. The SMILES string of the molecule is Cc1ccc2c(c1)OC1(OC(=O)c3ccccc31)C2=O. The lowest BCUT2D eigenvalue weighted by Crippen LogP contribution is -2.37. The maximum Gasteiger partial charge on any atom is 0.347 e. The minimum Gasteiger partial charge on any atom is -0.441 e. The van der Waals surface area contributed by atoms with Gasteiger partial charge in [-0.15, -0.1) is 0 Å². The highest BCUT2D eigenvalue weighted by atomic mass is 16.7. The fraction of sp³-hybridized carbons (Fsp3) is 0.125. The standard InChI is InChI=1S/C16H10O4/c1-9-6-7-11-13(8-9)19-16(14(11)17)12-5-3-2-4-10(12)15(18)20-16/h2-8H,1H3. The maximum atomic E-state index is 12.6. The van der Waals surface area contributed by atoms with E-state index in [1.165, 1.54) is 0 Å². The van der Waals surface area contributed by atoms with E-state index in [1.54, 1.807) is 36.4 Å². The summed E-state index contributed by atoms with van der Waals surface area (Å²) in [5, 5.41) is 0. The molecule has 4 heteroatoms. The third kappa shape index (κ3) is 1.20. The highest BCUT2D eigenvalue weighted by Crippen LogP contribution is 2.47. The first-order valence-corrected chi connectivity index (χ1v) is 6.29. The van der Waals surface area contributed by atoms with E-state index in [9.17, 15) is 9.59 Å². The van der Waals surface area contributed by atoms with Crippen LogP contribution in [0.4, 0.5) is 0 Å². The van der Waals surface area contributed by atoms with Crippen molar-refractivity contribution in [3.05, 3.63) is 64.7 Å². The molecule has 98 valence electrons. The van der Waals surface area contributed by atoms with E-state index in [-0.39, 0.29) is 5.78 Å². The number of fused-ring (bicyclic) bond motifs is 3. The molecule has 2 aromatic rings. The van der Waals surface area contributed by atoms with Gasteiger partial charge in [-0.05, 0) is 36.8 Å². The summed E-state index contributed by atoms with van der Waals surface area (Å²) in [5.41, 5.74) is 2.28. The fourth-order valence-electron chi connectivity index (χ4n) is 2.71. The Kier molecular flexibility index (Phi) is 1.95. The van der Waals surface area contributed by atoms with Gasteiger partial charge in [0.2, 0.25) is 0 Å². The Morgan fingerprint density at radius 1 is 0.950 bits per heavy atom. The minimum absolute atomic E-state index is 0.328. The normalized spacial score (nSPS) is 22.4. The summed E-state index contributed by atoms with van der Waals surface area (Å²) in [6.07, 6.45) is 0. The van der Waals surface area contributed by atoms with E-state index in [2.05, 4.69) is 0 Å². The van der Waals surface area contributed by atoms with Crippen molar-refractivity contribution in [3.63, 3.8) is 0 Å². The van der Waals surface area contributed by atoms with Crippen LogP contribution in [0.2, 0.25) is 0 Å². The zero-order valence-electron chi connectivity index (χ0n) is 10.7. The van der Waals surface area contributed by atoms with E-state index in [0.29, 0.717) is 22.4 Å². The predicted octanol–water partition coefficient (Wildman–Crippen LogP) is 2.59. The molecule has 1 atom stereocenters. The Balaban J connectivity index is 1.94. The van der Waals surface area contributed by atoms with Gasteiger partial charge in [0.1, 0.15) is 5.75 Å². The van der Waals surface area contributed by atoms with Crippen LogP contribution in [0.5, 0.6) is 5.75 Å². The van der Waals surface area contributed by atoms with E-state index in [0.717, 1.165) is 5.56 Å². The third-order valence-corrected chi connectivity index (χ3v) is 3.67. The molecule has 20 heavy (non-hydrogen) atoms. The predicted molar refractivity (Wildman–Crippen MR) is 69.7 cm³/mol. The van der Waals surface area contributed by atoms with E-state index >= 15 is 0 Å². The van der Waals surface area contributed by atoms with Crippen LogP contribution in [0.25, 0.3) is 0 Å². The number of benzene rings is 2. The van der Waals surface area contributed by atoms with Gasteiger partial charge in [-0.25, -0.2) is 4.79 Å². The number of Topliss-reactive ketones (excluding diaryl/α,β-unsaturated/α-hetero) is 1. The average Bonchev–Trinajstić information content (AvgIpc) is 2.87. The van der Waals surface area contributed by atoms with Crippen molar-refractivity contribution in [1.82, 2.24) is 0 Å². The van der Waals surface area contributed by atoms with E-state index < -0.39 is 11.8 Å². The first kappa shape index (κ1) is 11.2. The molecule has 4 nitrogen and oxygen atoms in total. The second-order valence-electron chi connectivity index (χ2n) is 4.98. The van der Waals surface area contributed by atoms with Crippen LogP contribution in [0, 0.1) is 6.92 Å². The molecule has 0 aromatic heterocycles. The summed E-state index contributed by atoms with van der Waals surface area (Å²) in [6.45, 7) is 1.91. The van der Waals surface area contributed by atoms with Crippen molar-refractivity contribution in [1.29, 1.82) is 0 Å². The van der Waals surface area contributed by atoms with Crippen molar-refractivity contribution in [2.24, 2.45) is 0 Å². The van der Waals surface area contributed by atoms with Gasteiger partial charge in [0.25, 0.3) is 5.78 Å². The van der Waals surface area contributed by atoms with Crippen LogP contribution in [0.1, 0.15) is 31.8 Å². The van der Waals surface area contributed by atoms with Crippen molar-refractivity contribution >= 4 is 11.8 Å². The van der Waals surface area contributed by atoms with Crippen LogP contribution in [0.3, 0.4) is 0 Å². The second kappa shape index (κ2) is 3.48. The number of rotatable bonds is 0. The molecule has 2 aromatic carbocycles. The van der Waals surface area contributed by atoms with Gasteiger partial charge in [-0.2, -0.15) is 0 Å². The van der Waals surface area contributed by atoms with Gasteiger partial charge in [-0.1, -0.05) is 18.2 Å². The summed E-state index contributed by atoms with van der Waals surface area (Å²) in [4.78, 5) is 24.6. The molecule has 1 unspecified atom stereocenters. The molecule has 0 fully saturated rings. The molecule has 0 amide bonds. The third-order valence-electron chi connectivity index (χ3n) is 3.67. The lowest BCUT2D eigenvalue weighted by molar-refractivity contribution is -0.0978. The van der Waals surface area contributed by atoms with Crippen LogP contribution in [-0.2, 0) is 10.5 Å². The molecule has 0 radical (unpaired) electrons. The van der Waals surface area contributed by atoms with Crippen molar-refractivity contribution < 1.29 is 19.1 Å². The fourth-order valence-corrected chi connectivity index (χ4v) is 2.71. The van der Waals surface area contributed by atoms with Crippen molar-refractivity contribution in [2.45, 2.75) is 12.7 Å². The van der Waals surface area contributed by atoms with E-state index in [1.807, 2.05) is 13.0 Å². The van der Waals surface area contributed by atoms with Crippen LogP contribution < -0.4 is 4.74 Å². The Morgan fingerprint density at radius 3 is 2.60 bits per heavy atom. The topological polar surface area (TPSA) is 52.6 Å². The summed E-state index contributed by atoms with van der Waals surface area (Å²) < 4.78 is 11.1. The van der Waals surface area contributed by atoms with Gasteiger partial charge in [0, 0.05) is 0 Å². The molecule has 2 aliphatic rings. The quantitative estimate of drug-likeness (QED) is 0.688.